The van der Waals surface area contributed by atoms with Gasteiger partial charge >= 0.3 is 0 Å². The molecule has 4 heteroatoms. The van der Waals surface area contributed by atoms with Gasteiger partial charge < -0.3 is 5.32 Å². The Balaban J connectivity index is 1.61. The lowest BCUT2D eigenvalue weighted by molar-refractivity contribution is 0.0987. The molecule has 132 valence electrons. The number of benzene rings is 2. The van der Waals surface area contributed by atoms with E-state index in [2.05, 4.69) is 41.4 Å². The van der Waals surface area contributed by atoms with E-state index in [0.717, 1.165) is 19.6 Å². The van der Waals surface area contributed by atoms with E-state index >= 15 is 0 Å². The van der Waals surface area contributed by atoms with Gasteiger partial charge in [-0.2, -0.15) is 0 Å². The van der Waals surface area contributed by atoms with Crippen LogP contribution in [0.1, 0.15) is 40.4 Å². The van der Waals surface area contributed by atoms with Crippen molar-refractivity contribution in [1.29, 1.82) is 0 Å². The van der Waals surface area contributed by atoms with Gasteiger partial charge in [0.05, 0.1) is 6.54 Å². The summed E-state index contributed by atoms with van der Waals surface area (Å²) < 4.78 is 0. The molecule has 0 saturated carbocycles. The molecule has 0 radical (unpaired) electrons. The van der Waals surface area contributed by atoms with Gasteiger partial charge in [-0.3, -0.25) is 9.69 Å². The van der Waals surface area contributed by atoms with E-state index in [0.29, 0.717) is 23.2 Å². The van der Waals surface area contributed by atoms with Gasteiger partial charge in [-0.25, -0.2) is 0 Å². The number of nitrogens with zero attached hydrogens (tertiary/aromatic N) is 1. The number of hydrogen-bond acceptors (Lipinski definition) is 3. The molecule has 2 aromatic rings. The van der Waals surface area contributed by atoms with Crippen LogP contribution in [0.15, 0.2) is 48.5 Å². The van der Waals surface area contributed by atoms with Crippen molar-refractivity contribution in [3.05, 3.63) is 70.2 Å². The van der Waals surface area contributed by atoms with Gasteiger partial charge in [0.1, 0.15) is 0 Å². The molecule has 0 amide bonds. The van der Waals surface area contributed by atoms with Crippen LogP contribution >= 0.6 is 11.6 Å². The summed E-state index contributed by atoms with van der Waals surface area (Å²) in [5, 5.41) is 4.02. The topological polar surface area (TPSA) is 32.3 Å². The highest BCUT2D eigenvalue weighted by Crippen LogP contribution is 2.24. The lowest BCUT2D eigenvalue weighted by Gasteiger charge is -2.28. The number of rotatable bonds is 7. The van der Waals surface area contributed by atoms with Crippen LogP contribution in [0.2, 0.25) is 5.02 Å². The number of ketones is 1. The summed E-state index contributed by atoms with van der Waals surface area (Å²) in [5.74, 6) is 0.0979. The molecule has 1 atom stereocenters. The Bertz CT molecular complexity index is 691. The third kappa shape index (κ3) is 4.91. The standard InChI is InChI=1S/C21H25ClN2O/c1-16-4-6-17(7-5-16)20(24-12-2-3-13-24)14-23-15-21(25)18-8-10-19(22)11-9-18/h4-11,20,23H,2-3,12-15H2,1H3. The zero-order valence-electron chi connectivity index (χ0n) is 14.7. The first-order valence-corrected chi connectivity index (χ1v) is 9.31. The summed E-state index contributed by atoms with van der Waals surface area (Å²) in [6, 6.07) is 16.1. The summed E-state index contributed by atoms with van der Waals surface area (Å²) in [7, 11) is 0. The molecule has 1 unspecified atom stereocenters. The highest BCUT2D eigenvalue weighted by Gasteiger charge is 2.23. The minimum Gasteiger partial charge on any atom is -0.308 e. The van der Waals surface area contributed by atoms with Crippen molar-refractivity contribution in [3.63, 3.8) is 0 Å². The second-order valence-corrected chi connectivity index (χ2v) is 7.17. The second kappa shape index (κ2) is 8.61. The maximum atomic E-state index is 12.3. The summed E-state index contributed by atoms with van der Waals surface area (Å²) >= 11 is 5.88. The van der Waals surface area contributed by atoms with E-state index in [4.69, 9.17) is 11.6 Å². The van der Waals surface area contributed by atoms with E-state index < -0.39 is 0 Å². The van der Waals surface area contributed by atoms with E-state index in [1.54, 1.807) is 24.3 Å². The first kappa shape index (κ1) is 18.1. The van der Waals surface area contributed by atoms with Crippen molar-refractivity contribution in [2.45, 2.75) is 25.8 Å². The molecule has 0 spiro atoms. The summed E-state index contributed by atoms with van der Waals surface area (Å²) in [4.78, 5) is 14.8. The Kier molecular flexibility index (Phi) is 6.24. The minimum atomic E-state index is 0.0979. The van der Waals surface area contributed by atoms with Crippen LogP contribution in [-0.4, -0.2) is 36.9 Å². The zero-order valence-corrected chi connectivity index (χ0v) is 15.4. The van der Waals surface area contributed by atoms with Crippen LogP contribution in [0.5, 0.6) is 0 Å². The number of hydrogen-bond donors (Lipinski definition) is 1. The van der Waals surface area contributed by atoms with Gasteiger partial charge in [0.2, 0.25) is 0 Å². The first-order chi connectivity index (χ1) is 12.1. The Hall–Kier alpha value is -1.68. The molecule has 1 heterocycles. The maximum Gasteiger partial charge on any atom is 0.176 e. The van der Waals surface area contributed by atoms with Crippen LogP contribution in [0.25, 0.3) is 0 Å². The van der Waals surface area contributed by atoms with Crippen LogP contribution in [-0.2, 0) is 0 Å². The molecule has 3 rings (SSSR count). The van der Waals surface area contributed by atoms with Crippen molar-refractivity contribution in [1.82, 2.24) is 10.2 Å². The SMILES string of the molecule is Cc1ccc(C(CNCC(=O)c2ccc(Cl)cc2)N2CCCC2)cc1. The maximum absolute atomic E-state index is 12.3. The van der Waals surface area contributed by atoms with Crippen molar-refractivity contribution in [3.8, 4) is 0 Å². The predicted octanol–water partition coefficient (Wildman–Crippen LogP) is 4.26. The number of carbonyl (C=O) groups excluding carboxylic acids is 1. The molecule has 1 aliphatic heterocycles. The molecule has 1 fully saturated rings. The van der Waals surface area contributed by atoms with Gasteiger partial charge in [0, 0.05) is 23.2 Å². The molecule has 1 aliphatic rings. The van der Waals surface area contributed by atoms with Crippen molar-refractivity contribution < 1.29 is 4.79 Å². The normalized spacial score (nSPS) is 16.1. The average molecular weight is 357 g/mol. The van der Waals surface area contributed by atoms with Crippen molar-refractivity contribution in [2.24, 2.45) is 0 Å². The molecular weight excluding hydrogens is 332 g/mol. The molecule has 1 saturated heterocycles. The lowest BCUT2D eigenvalue weighted by atomic mass is 10.0. The Morgan fingerprint density at radius 2 is 1.72 bits per heavy atom. The number of likely N-dealkylation sites (tertiary alicyclic amines) is 1. The third-order valence-corrected chi connectivity index (χ3v) is 5.08. The number of Topliss-reactive ketones (excluding diaryl/α,β-unsaturated/α-hetero) is 1. The predicted molar refractivity (Wildman–Crippen MR) is 103 cm³/mol. The quantitative estimate of drug-likeness (QED) is 0.752. The average Bonchev–Trinajstić information content (AvgIpc) is 3.14. The molecule has 0 aromatic heterocycles. The molecule has 0 bridgehead atoms. The van der Waals surface area contributed by atoms with Gasteiger partial charge in [-0.15, -0.1) is 0 Å². The monoisotopic (exact) mass is 356 g/mol. The number of nitrogens with one attached hydrogen (secondary N) is 1. The smallest absolute Gasteiger partial charge is 0.176 e. The van der Waals surface area contributed by atoms with Crippen LogP contribution in [0.4, 0.5) is 0 Å². The van der Waals surface area contributed by atoms with Crippen LogP contribution in [0, 0.1) is 6.92 Å². The minimum absolute atomic E-state index is 0.0979. The van der Waals surface area contributed by atoms with Crippen LogP contribution in [0.3, 0.4) is 0 Å². The Morgan fingerprint density at radius 3 is 2.36 bits per heavy atom. The molecule has 25 heavy (non-hydrogen) atoms. The number of carbonyl (C=O) groups is 1. The van der Waals surface area contributed by atoms with E-state index in [1.807, 2.05) is 0 Å². The Morgan fingerprint density at radius 1 is 1.08 bits per heavy atom. The lowest BCUT2D eigenvalue weighted by Crippen LogP contribution is -2.36. The zero-order chi connectivity index (χ0) is 17.6. The van der Waals surface area contributed by atoms with E-state index in [-0.39, 0.29) is 5.78 Å². The fourth-order valence-corrected chi connectivity index (χ4v) is 3.49. The van der Waals surface area contributed by atoms with Gasteiger partial charge in [0.25, 0.3) is 0 Å². The molecule has 0 aliphatic carbocycles. The Labute approximate surface area is 155 Å². The highest BCUT2D eigenvalue weighted by molar-refractivity contribution is 6.30. The fraction of sp³-hybridized carbons (Fsp3) is 0.381. The van der Waals surface area contributed by atoms with Crippen LogP contribution < -0.4 is 5.32 Å². The van der Waals surface area contributed by atoms with Gasteiger partial charge in [0.15, 0.2) is 5.78 Å². The van der Waals surface area contributed by atoms with Gasteiger partial charge in [-0.1, -0.05) is 41.4 Å². The summed E-state index contributed by atoms with van der Waals surface area (Å²) in [6.07, 6.45) is 2.51. The molecule has 2 aromatic carbocycles. The molecular formula is C21H25ClN2O. The van der Waals surface area contributed by atoms with E-state index in [9.17, 15) is 4.79 Å². The summed E-state index contributed by atoms with van der Waals surface area (Å²) in [6.45, 7) is 5.49. The van der Waals surface area contributed by atoms with Gasteiger partial charge in [-0.05, 0) is 62.7 Å². The fourth-order valence-electron chi connectivity index (χ4n) is 3.36. The first-order valence-electron chi connectivity index (χ1n) is 8.93. The highest BCUT2D eigenvalue weighted by atomic mass is 35.5. The second-order valence-electron chi connectivity index (χ2n) is 6.73. The third-order valence-electron chi connectivity index (χ3n) is 4.83. The van der Waals surface area contributed by atoms with Crippen molar-refractivity contribution in [2.75, 3.05) is 26.2 Å². The number of halogens is 1. The van der Waals surface area contributed by atoms with E-state index in [1.165, 1.54) is 24.0 Å². The molecule has 3 nitrogen and oxygen atoms in total. The summed E-state index contributed by atoms with van der Waals surface area (Å²) in [5.41, 5.74) is 3.29. The number of aryl methyl sites for hydroxylation is 1. The van der Waals surface area contributed by atoms with Crippen molar-refractivity contribution >= 4 is 17.4 Å². The largest absolute Gasteiger partial charge is 0.308 e. The molecule has 1 N–H and O–H groups in total.